The monoisotopic (exact) mass is 582 g/mol. The molecule has 0 aliphatic heterocycles. The summed E-state index contributed by atoms with van der Waals surface area (Å²) in [5, 5.41) is 10.2. The fourth-order valence-corrected chi connectivity index (χ4v) is 10.3. The van der Waals surface area contributed by atoms with Gasteiger partial charge in [0.25, 0.3) is 0 Å². The second-order valence-corrected chi connectivity index (χ2v) is 16.0. The Balaban J connectivity index is 1.78. The van der Waals surface area contributed by atoms with Gasteiger partial charge in [-0.25, -0.2) is 0 Å². The van der Waals surface area contributed by atoms with Crippen LogP contribution in [0.3, 0.4) is 0 Å². The van der Waals surface area contributed by atoms with Gasteiger partial charge < -0.3 is 0 Å². The lowest BCUT2D eigenvalue weighted by atomic mass is 9.89. The molecule has 0 saturated carbocycles. The predicted molar refractivity (Wildman–Crippen MR) is 194 cm³/mol. The van der Waals surface area contributed by atoms with Gasteiger partial charge in [0, 0.05) is 11.1 Å². The van der Waals surface area contributed by atoms with E-state index >= 15 is 0 Å². The van der Waals surface area contributed by atoms with Gasteiger partial charge in [-0.3, -0.25) is 0 Å². The lowest BCUT2D eigenvalue weighted by Gasteiger charge is -2.14. The second-order valence-electron chi connectivity index (χ2n) is 12.1. The van der Waals surface area contributed by atoms with Crippen LogP contribution in [-0.2, 0) is 0 Å². The Morgan fingerprint density at radius 3 is 1.02 bits per heavy atom. The Morgan fingerprint density at radius 1 is 0.476 bits per heavy atom. The molecule has 5 aromatic carbocycles. The molecule has 0 atom stereocenters. The summed E-state index contributed by atoms with van der Waals surface area (Å²) >= 11 is 0. The van der Waals surface area contributed by atoms with E-state index in [1.807, 2.05) is 0 Å². The number of rotatable bonds is 10. The molecule has 5 rings (SSSR count). The van der Waals surface area contributed by atoms with Crippen LogP contribution in [0.2, 0.25) is 11.1 Å². The van der Waals surface area contributed by atoms with Crippen molar-refractivity contribution in [3.8, 4) is 22.9 Å². The van der Waals surface area contributed by atoms with E-state index < -0.39 is 19.0 Å². The summed E-state index contributed by atoms with van der Waals surface area (Å²) in [5.74, 6) is 7.63. The largest absolute Gasteiger partial charge is 0.134 e. The van der Waals surface area contributed by atoms with Crippen LogP contribution in [0.4, 0.5) is 0 Å². The Labute approximate surface area is 258 Å². The minimum atomic E-state index is -0.481. The van der Waals surface area contributed by atoms with Crippen molar-refractivity contribution in [1.82, 2.24) is 0 Å². The molecule has 42 heavy (non-hydrogen) atoms. The summed E-state index contributed by atoms with van der Waals surface area (Å²) in [4.78, 5) is 0. The molecule has 0 unspecified atom stereocenters. The molecular formula is C40H46Si2. The maximum atomic E-state index is 3.82. The van der Waals surface area contributed by atoms with Crippen molar-refractivity contribution < 1.29 is 0 Å². The van der Waals surface area contributed by atoms with Crippen LogP contribution in [0, 0.1) is 22.9 Å². The molecule has 0 aliphatic rings. The van der Waals surface area contributed by atoms with Gasteiger partial charge in [-0.15, -0.1) is 11.1 Å². The van der Waals surface area contributed by atoms with Crippen molar-refractivity contribution in [3.63, 3.8) is 0 Å². The lowest BCUT2D eigenvalue weighted by molar-refractivity contribution is 0.651. The van der Waals surface area contributed by atoms with E-state index in [9.17, 15) is 0 Å². The van der Waals surface area contributed by atoms with E-state index in [-0.39, 0.29) is 0 Å². The molecule has 0 fully saturated rings. The first kappa shape index (κ1) is 30.2. The van der Waals surface area contributed by atoms with Crippen LogP contribution >= 0.6 is 0 Å². The van der Waals surface area contributed by atoms with Gasteiger partial charge in [-0.2, -0.15) is 0 Å². The number of fused-ring (bicyclic) bond motifs is 4. The molecule has 0 radical (unpaired) electrons. The Kier molecular flexibility index (Phi) is 10.6. The molecule has 0 bridgehead atoms. The molecular weight excluding hydrogens is 537 g/mol. The third kappa shape index (κ3) is 6.84. The molecule has 0 aliphatic carbocycles. The molecule has 0 nitrogen and oxygen atoms in total. The predicted octanol–water partition coefficient (Wildman–Crippen LogP) is 10.0. The first-order valence-electron chi connectivity index (χ1n) is 16.4. The van der Waals surface area contributed by atoms with Crippen molar-refractivity contribution in [2.45, 2.75) is 90.1 Å². The van der Waals surface area contributed by atoms with E-state index in [1.54, 1.807) is 0 Å². The quantitative estimate of drug-likeness (QED) is 0.0873. The fraction of sp³-hybridized carbons (Fsp3) is 0.350. The average Bonchev–Trinajstić information content (AvgIpc) is 3.00. The minimum Gasteiger partial charge on any atom is -0.134 e. The van der Waals surface area contributed by atoms with Gasteiger partial charge in [-0.1, -0.05) is 139 Å². The number of benzene rings is 5. The topological polar surface area (TPSA) is 0 Å². The molecule has 0 amide bonds. The highest BCUT2D eigenvalue weighted by Gasteiger charge is 2.15. The third-order valence-corrected chi connectivity index (χ3v) is 12.4. The molecule has 214 valence electrons. The van der Waals surface area contributed by atoms with Crippen LogP contribution in [0.25, 0.3) is 43.1 Å². The Hall–Kier alpha value is -3.31. The molecule has 0 saturated heterocycles. The lowest BCUT2D eigenvalue weighted by Crippen LogP contribution is -2.02. The van der Waals surface area contributed by atoms with E-state index in [0.29, 0.717) is 0 Å². The zero-order valence-corrected chi connectivity index (χ0v) is 29.0. The summed E-state index contributed by atoms with van der Waals surface area (Å²) in [6.07, 6.45) is 10.3. The standard InChI is InChI=1S/C40H46Si2/c1-5-13-33(14-6-2)41-23-21-35-37-25-29-17-9-11-19-31(29)27-39(37)36(22-24-42-34(15-7-3)16-8-4)40-28-32-20-12-10-18-30(32)26-38(35)40/h9-12,17-20,25-28,33-34H,5-8,13-16,41-42H2,1-4H3. The third-order valence-electron chi connectivity index (χ3n) is 8.85. The van der Waals surface area contributed by atoms with Crippen LogP contribution in [0.15, 0.2) is 72.8 Å². The number of hydrogen-bond donors (Lipinski definition) is 0. The van der Waals surface area contributed by atoms with E-state index in [1.165, 1.54) is 106 Å². The van der Waals surface area contributed by atoms with Crippen LogP contribution in [0.5, 0.6) is 0 Å². The normalized spacial score (nSPS) is 12.0. The molecule has 5 aromatic rings. The van der Waals surface area contributed by atoms with Gasteiger partial charge in [0.2, 0.25) is 0 Å². The summed E-state index contributed by atoms with van der Waals surface area (Å²) in [5.41, 5.74) is 11.7. The zero-order chi connectivity index (χ0) is 29.3. The maximum absolute atomic E-state index is 3.82. The summed E-state index contributed by atoms with van der Waals surface area (Å²) in [6.45, 7) is 9.27. The highest BCUT2D eigenvalue weighted by atomic mass is 28.2. The fourth-order valence-electron chi connectivity index (χ4n) is 6.76. The highest BCUT2D eigenvalue weighted by molar-refractivity contribution is 6.48. The molecule has 2 heteroatoms. The molecule has 0 spiro atoms. The van der Waals surface area contributed by atoms with Crippen LogP contribution in [-0.4, -0.2) is 19.0 Å². The smallest absolute Gasteiger partial charge is 0.110 e. The average molecular weight is 583 g/mol. The highest BCUT2D eigenvalue weighted by Crippen LogP contribution is 2.37. The van der Waals surface area contributed by atoms with Crippen molar-refractivity contribution in [2.75, 3.05) is 0 Å². The molecule has 0 aromatic heterocycles. The van der Waals surface area contributed by atoms with Gasteiger partial charge in [0.1, 0.15) is 19.0 Å². The summed E-state index contributed by atoms with van der Waals surface area (Å²) in [7, 11) is -0.963. The van der Waals surface area contributed by atoms with Crippen molar-refractivity contribution in [1.29, 1.82) is 0 Å². The van der Waals surface area contributed by atoms with Crippen molar-refractivity contribution in [3.05, 3.63) is 83.9 Å². The maximum Gasteiger partial charge on any atom is 0.110 e. The van der Waals surface area contributed by atoms with E-state index in [2.05, 4.69) is 123 Å². The van der Waals surface area contributed by atoms with Crippen molar-refractivity contribution in [2.24, 2.45) is 0 Å². The van der Waals surface area contributed by atoms with E-state index in [0.717, 1.165) is 11.1 Å². The summed E-state index contributed by atoms with van der Waals surface area (Å²) < 4.78 is 0. The number of hydrogen-bond acceptors (Lipinski definition) is 0. The van der Waals surface area contributed by atoms with Gasteiger partial charge >= 0.3 is 0 Å². The Bertz CT molecular complexity index is 1570. The van der Waals surface area contributed by atoms with Gasteiger partial charge in [0.15, 0.2) is 0 Å². The van der Waals surface area contributed by atoms with E-state index in [4.69, 9.17) is 0 Å². The van der Waals surface area contributed by atoms with Crippen LogP contribution < -0.4 is 0 Å². The molecule has 0 heterocycles. The molecule has 0 N–H and O–H groups in total. The minimum absolute atomic E-state index is 0.481. The zero-order valence-electron chi connectivity index (χ0n) is 26.2. The Morgan fingerprint density at radius 2 is 0.762 bits per heavy atom. The first-order chi connectivity index (χ1) is 20.7. The summed E-state index contributed by atoms with van der Waals surface area (Å²) in [6, 6.07) is 27.1. The van der Waals surface area contributed by atoms with Crippen molar-refractivity contribution >= 4 is 62.1 Å². The van der Waals surface area contributed by atoms with Crippen LogP contribution in [0.1, 0.15) is 90.2 Å². The van der Waals surface area contributed by atoms with Gasteiger partial charge in [0.05, 0.1) is 0 Å². The first-order valence-corrected chi connectivity index (χ1v) is 19.5. The van der Waals surface area contributed by atoms with Gasteiger partial charge in [-0.05, 0) is 78.4 Å². The second kappa shape index (κ2) is 14.7. The SMILES string of the molecule is CCCC(CCC)[SiH2]C#Cc1c2cc3ccccc3cc2c(C#C[SiH2]C(CCC)CCC)c2cc3ccccc3cc12.